The predicted molar refractivity (Wildman–Crippen MR) is 97.5 cm³/mol. The molecule has 0 aliphatic rings. The molecule has 0 unspecified atom stereocenters. The number of fused-ring (bicyclic) bond motifs is 1. The van der Waals surface area contributed by atoms with E-state index in [1.807, 2.05) is 0 Å². The summed E-state index contributed by atoms with van der Waals surface area (Å²) in [5.41, 5.74) is 0.131. The number of pyridine rings is 1. The van der Waals surface area contributed by atoms with Crippen LogP contribution in [0.15, 0.2) is 54.7 Å². The number of carbonyl (C=O) groups excluding carboxylic acids is 1. The number of benzene rings is 2. The molecule has 0 radical (unpaired) electrons. The van der Waals surface area contributed by atoms with Crippen molar-refractivity contribution in [3.05, 3.63) is 65.9 Å². The van der Waals surface area contributed by atoms with Crippen molar-refractivity contribution in [2.45, 2.75) is 6.18 Å². The molecule has 0 saturated heterocycles. The number of aromatic nitrogens is 1. The molecule has 0 spiro atoms. The van der Waals surface area contributed by atoms with Crippen LogP contribution in [-0.4, -0.2) is 31.2 Å². The molecule has 3 rings (SSSR count). The molecule has 3 aromatic rings. The van der Waals surface area contributed by atoms with Gasteiger partial charge in [0, 0.05) is 25.2 Å². The Kier molecular flexibility index (Phi) is 5.79. The SMILES string of the molecule is COCCNC(=O)c1cnc2c(Oc3ccc(C(F)(F)F)cc3)cccc2c1. The lowest BCUT2D eigenvalue weighted by molar-refractivity contribution is -0.137. The van der Waals surface area contributed by atoms with Gasteiger partial charge in [-0.25, -0.2) is 0 Å². The van der Waals surface area contributed by atoms with Crippen LogP contribution in [-0.2, 0) is 10.9 Å². The second kappa shape index (κ2) is 8.26. The van der Waals surface area contributed by atoms with Crippen LogP contribution in [0.5, 0.6) is 11.5 Å². The van der Waals surface area contributed by atoms with Crippen LogP contribution >= 0.6 is 0 Å². The van der Waals surface area contributed by atoms with Gasteiger partial charge in [0.2, 0.25) is 0 Å². The number of nitrogens with zero attached hydrogens (tertiary/aromatic N) is 1. The Morgan fingerprint density at radius 3 is 2.57 bits per heavy atom. The van der Waals surface area contributed by atoms with E-state index < -0.39 is 11.7 Å². The Hall–Kier alpha value is -3.13. The van der Waals surface area contributed by atoms with Gasteiger partial charge in [-0.1, -0.05) is 12.1 Å². The van der Waals surface area contributed by atoms with Crippen molar-refractivity contribution in [2.75, 3.05) is 20.3 Å². The molecule has 1 amide bonds. The lowest BCUT2D eigenvalue weighted by atomic mass is 10.1. The molecule has 1 heterocycles. The average molecular weight is 390 g/mol. The van der Waals surface area contributed by atoms with Crippen LogP contribution in [0.2, 0.25) is 0 Å². The van der Waals surface area contributed by atoms with Crippen molar-refractivity contribution >= 4 is 16.8 Å². The molecule has 8 heteroatoms. The number of hydrogen-bond acceptors (Lipinski definition) is 4. The van der Waals surface area contributed by atoms with E-state index in [1.54, 1.807) is 31.4 Å². The van der Waals surface area contributed by atoms with Gasteiger partial charge in [0.05, 0.1) is 17.7 Å². The van der Waals surface area contributed by atoms with Gasteiger partial charge in [-0.15, -0.1) is 0 Å². The molecular weight excluding hydrogens is 373 g/mol. The second-order valence-electron chi connectivity index (χ2n) is 5.92. The maximum Gasteiger partial charge on any atom is 0.416 e. The van der Waals surface area contributed by atoms with Crippen LogP contribution in [0, 0.1) is 0 Å². The minimum Gasteiger partial charge on any atom is -0.455 e. The highest BCUT2D eigenvalue weighted by Crippen LogP contribution is 2.33. The van der Waals surface area contributed by atoms with E-state index in [0.717, 1.165) is 12.1 Å². The summed E-state index contributed by atoms with van der Waals surface area (Å²) in [6, 6.07) is 11.2. The summed E-state index contributed by atoms with van der Waals surface area (Å²) in [6.07, 6.45) is -2.98. The van der Waals surface area contributed by atoms with Crippen LogP contribution in [0.1, 0.15) is 15.9 Å². The molecular formula is C20H17F3N2O3. The molecule has 2 aromatic carbocycles. The summed E-state index contributed by atoms with van der Waals surface area (Å²) in [5.74, 6) is 0.354. The number of para-hydroxylation sites is 1. The largest absolute Gasteiger partial charge is 0.455 e. The van der Waals surface area contributed by atoms with Crippen molar-refractivity contribution in [3.63, 3.8) is 0 Å². The Morgan fingerprint density at radius 1 is 1.14 bits per heavy atom. The highest BCUT2D eigenvalue weighted by atomic mass is 19.4. The Bertz CT molecular complexity index is 973. The summed E-state index contributed by atoms with van der Waals surface area (Å²) in [5, 5.41) is 3.38. The van der Waals surface area contributed by atoms with E-state index in [0.29, 0.717) is 35.4 Å². The van der Waals surface area contributed by atoms with Crippen molar-refractivity contribution in [2.24, 2.45) is 0 Å². The molecule has 1 aromatic heterocycles. The van der Waals surface area contributed by atoms with E-state index >= 15 is 0 Å². The van der Waals surface area contributed by atoms with Crippen molar-refractivity contribution in [1.82, 2.24) is 10.3 Å². The molecule has 146 valence electrons. The van der Waals surface area contributed by atoms with E-state index in [1.165, 1.54) is 18.3 Å². The number of hydrogen-bond donors (Lipinski definition) is 1. The Morgan fingerprint density at radius 2 is 1.89 bits per heavy atom. The van der Waals surface area contributed by atoms with Gasteiger partial charge in [0.1, 0.15) is 11.3 Å². The standard InChI is InChI=1S/C20H17F3N2O3/c1-27-10-9-24-19(26)14-11-13-3-2-4-17(18(13)25-12-14)28-16-7-5-15(6-8-16)20(21,22)23/h2-8,11-12H,9-10H2,1H3,(H,24,26). The zero-order valence-corrected chi connectivity index (χ0v) is 14.9. The summed E-state index contributed by atoms with van der Waals surface area (Å²) < 4.78 is 48.6. The fourth-order valence-corrected chi connectivity index (χ4v) is 2.55. The zero-order chi connectivity index (χ0) is 20.1. The number of carbonyl (C=O) groups is 1. The topological polar surface area (TPSA) is 60.5 Å². The summed E-state index contributed by atoms with van der Waals surface area (Å²) >= 11 is 0. The fourth-order valence-electron chi connectivity index (χ4n) is 2.55. The molecule has 0 atom stereocenters. The molecule has 0 bridgehead atoms. The van der Waals surface area contributed by atoms with Crippen LogP contribution < -0.4 is 10.1 Å². The maximum atomic E-state index is 12.7. The summed E-state index contributed by atoms with van der Waals surface area (Å²) in [4.78, 5) is 16.4. The third-order valence-corrected chi connectivity index (χ3v) is 3.94. The van der Waals surface area contributed by atoms with Crippen LogP contribution in [0.4, 0.5) is 13.2 Å². The van der Waals surface area contributed by atoms with Gasteiger partial charge in [0.25, 0.3) is 5.91 Å². The van der Waals surface area contributed by atoms with Crippen molar-refractivity contribution in [1.29, 1.82) is 0 Å². The molecule has 0 aliphatic heterocycles. The van der Waals surface area contributed by atoms with E-state index in [2.05, 4.69) is 10.3 Å². The van der Waals surface area contributed by atoms with Gasteiger partial charge in [-0.05, 0) is 36.4 Å². The third kappa shape index (κ3) is 4.58. The van der Waals surface area contributed by atoms with E-state index in [9.17, 15) is 18.0 Å². The predicted octanol–water partition coefficient (Wildman–Crippen LogP) is 4.42. The number of rotatable bonds is 6. The van der Waals surface area contributed by atoms with Crippen molar-refractivity contribution in [3.8, 4) is 11.5 Å². The first-order valence-corrected chi connectivity index (χ1v) is 8.39. The van der Waals surface area contributed by atoms with Crippen LogP contribution in [0.25, 0.3) is 10.9 Å². The average Bonchev–Trinajstić information content (AvgIpc) is 2.67. The summed E-state index contributed by atoms with van der Waals surface area (Å²) in [6.45, 7) is 0.780. The van der Waals surface area contributed by atoms with Gasteiger partial charge >= 0.3 is 6.18 Å². The van der Waals surface area contributed by atoms with Gasteiger partial charge in [0.15, 0.2) is 5.75 Å². The number of halogens is 3. The molecule has 0 aliphatic carbocycles. The van der Waals surface area contributed by atoms with E-state index in [4.69, 9.17) is 9.47 Å². The fraction of sp³-hybridized carbons (Fsp3) is 0.200. The minimum absolute atomic E-state index is 0.253. The highest BCUT2D eigenvalue weighted by Gasteiger charge is 2.30. The number of methoxy groups -OCH3 is 1. The highest BCUT2D eigenvalue weighted by molar-refractivity contribution is 5.98. The third-order valence-electron chi connectivity index (χ3n) is 3.94. The first kappa shape index (κ1) is 19.6. The van der Waals surface area contributed by atoms with Gasteiger partial charge in [-0.2, -0.15) is 13.2 Å². The quantitative estimate of drug-likeness (QED) is 0.633. The lowest BCUT2D eigenvalue weighted by Crippen LogP contribution is -2.27. The molecule has 0 saturated carbocycles. The van der Waals surface area contributed by atoms with Gasteiger partial charge < -0.3 is 14.8 Å². The molecule has 1 N–H and O–H groups in total. The monoisotopic (exact) mass is 390 g/mol. The van der Waals surface area contributed by atoms with Crippen LogP contribution in [0.3, 0.4) is 0 Å². The zero-order valence-electron chi connectivity index (χ0n) is 14.9. The maximum absolute atomic E-state index is 12.7. The second-order valence-corrected chi connectivity index (χ2v) is 5.92. The van der Waals surface area contributed by atoms with Gasteiger partial charge in [-0.3, -0.25) is 9.78 Å². The Labute approximate surface area is 159 Å². The normalized spacial score (nSPS) is 11.4. The number of amides is 1. The first-order valence-electron chi connectivity index (χ1n) is 8.39. The number of alkyl halides is 3. The molecule has 28 heavy (non-hydrogen) atoms. The van der Waals surface area contributed by atoms with Crippen molar-refractivity contribution < 1.29 is 27.4 Å². The first-order chi connectivity index (χ1) is 13.4. The number of nitrogens with one attached hydrogen (secondary N) is 1. The lowest BCUT2D eigenvalue weighted by Gasteiger charge is -2.11. The van der Waals surface area contributed by atoms with E-state index in [-0.39, 0.29) is 11.7 Å². The minimum atomic E-state index is -4.40. The summed E-state index contributed by atoms with van der Waals surface area (Å²) in [7, 11) is 1.54. The molecule has 5 nitrogen and oxygen atoms in total. The molecule has 0 fully saturated rings. The Balaban J connectivity index is 1.82. The number of ether oxygens (including phenoxy) is 2. The smallest absolute Gasteiger partial charge is 0.416 e.